The zero-order valence-electron chi connectivity index (χ0n) is 9.60. The number of hydrogen-bond acceptors (Lipinski definition) is 1. The summed E-state index contributed by atoms with van der Waals surface area (Å²) in [5, 5.41) is -0.999. The third kappa shape index (κ3) is 2.95. The molecule has 1 atom stereocenters. The van der Waals surface area contributed by atoms with Gasteiger partial charge in [0.25, 0.3) is 0 Å². The van der Waals surface area contributed by atoms with E-state index in [0.717, 1.165) is 16.7 Å². The van der Waals surface area contributed by atoms with Crippen molar-refractivity contribution in [2.45, 2.75) is 25.0 Å². The van der Waals surface area contributed by atoms with Crippen LogP contribution in [0.15, 0.2) is 12.1 Å². The van der Waals surface area contributed by atoms with Gasteiger partial charge in [0.15, 0.2) is 0 Å². The average molecular weight is 315 g/mol. The lowest BCUT2D eigenvalue weighted by Crippen LogP contribution is -2.19. The van der Waals surface area contributed by atoms with Gasteiger partial charge in [-0.2, -0.15) is 13.2 Å². The zero-order valence-corrected chi connectivity index (χ0v) is 11.1. The molecule has 1 aromatic heterocycles. The number of fused-ring (bicyclic) bond motifs is 1. The predicted molar refractivity (Wildman–Crippen MR) is 65.0 cm³/mol. The number of aromatic nitrogens is 2. The molecule has 104 valence electrons. The Morgan fingerprint density at radius 1 is 1.37 bits per heavy atom. The summed E-state index contributed by atoms with van der Waals surface area (Å²) in [5.74, 6) is -0.713. The smallest absolute Gasteiger partial charge is 0.317 e. The Kier molecular flexibility index (Phi) is 3.66. The highest BCUT2D eigenvalue weighted by atomic mass is 35.5. The number of halogens is 6. The standard InChI is InChI=1S/C11H8Cl2F4N2/c1-5(12)10-18-8-3-7(14)6(13)2-9(8)19(10)4-11(15,16)17/h2-3,5H,4H2,1H3. The van der Waals surface area contributed by atoms with E-state index in [2.05, 4.69) is 4.98 Å². The van der Waals surface area contributed by atoms with Crippen molar-refractivity contribution >= 4 is 34.2 Å². The minimum absolute atomic E-state index is 0.0238. The van der Waals surface area contributed by atoms with Crippen molar-refractivity contribution in [3.05, 3.63) is 28.8 Å². The molecule has 1 aromatic carbocycles. The Hall–Kier alpha value is -1.01. The van der Waals surface area contributed by atoms with E-state index in [4.69, 9.17) is 23.2 Å². The summed E-state index contributed by atoms with van der Waals surface area (Å²) < 4.78 is 51.9. The number of benzene rings is 1. The fourth-order valence-electron chi connectivity index (χ4n) is 1.79. The van der Waals surface area contributed by atoms with Gasteiger partial charge in [-0.15, -0.1) is 11.6 Å². The normalized spacial score (nSPS) is 14.1. The van der Waals surface area contributed by atoms with E-state index in [-0.39, 0.29) is 21.9 Å². The molecule has 2 rings (SSSR count). The first-order valence-electron chi connectivity index (χ1n) is 5.25. The molecule has 0 spiro atoms. The van der Waals surface area contributed by atoms with Crippen molar-refractivity contribution in [1.82, 2.24) is 9.55 Å². The monoisotopic (exact) mass is 314 g/mol. The first-order valence-corrected chi connectivity index (χ1v) is 6.06. The van der Waals surface area contributed by atoms with E-state index in [0.29, 0.717) is 0 Å². The van der Waals surface area contributed by atoms with Crippen molar-refractivity contribution in [2.24, 2.45) is 0 Å². The molecule has 0 radical (unpaired) electrons. The van der Waals surface area contributed by atoms with E-state index in [1.807, 2.05) is 0 Å². The molecule has 2 aromatic rings. The number of rotatable bonds is 2. The maximum absolute atomic E-state index is 13.3. The van der Waals surface area contributed by atoms with Crippen LogP contribution < -0.4 is 0 Å². The predicted octanol–water partition coefficient (Wildman–Crippen LogP) is 4.69. The average Bonchev–Trinajstić information content (AvgIpc) is 2.56. The lowest BCUT2D eigenvalue weighted by atomic mass is 10.3. The first kappa shape index (κ1) is 14.4. The van der Waals surface area contributed by atoms with E-state index in [1.54, 1.807) is 0 Å². The number of imidazole rings is 1. The SMILES string of the molecule is CC(Cl)c1nc2cc(F)c(Cl)cc2n1CC(F)(F)F. The molecule has 8 heteroatoms. The fraction of sp³-hybridized carbons (Fsp3) is 0.364. The molecule has 1 heterocycles. The second-order valence-corrected chi connectivity index (χ2v) is 5.10. The lowest BCUT2D eigenvalue weighted by Gasteiger charge is -2.12. The highest BCUT2D eigenvalue weighted by Crippen LogP contribution is 2.30. The molecule has 1 unspecified atom stereocenters. The minimum atomic E-state index is -4.44. The summed E-state index contributed by atoms with van der Waals surface area (Å²) >= 11 is 11.4. The van der Waals surface area contributed by atoms with Crippen LogP contribution in [0.2, 0.25) is 5.02 Å². The first-order chi connectivity index (χ1) is 8.69. The highest BCUT2D eigenvalue weighted by Gasteiger charge is 2.31. The molecule has 2 nitrogen and oxygen atoms in total. The summed E-state index contributed by atoms with van der Waals surface area (Å²) in [5.41, 5.74) is 0.194. The summed E-state index contributed by atoms with van der Waals surface area (Å²) in [6, 6.07) is 2.11. The van der Waals surface area contributed by atoms with Gasteiger partial charge in [-0.3, -0.25) is 0 Å². The van der Waals surface area contributed by atoms with Crippen LogP contribution in [-0.2, 0) is 6.54 Å². The molecule has 0 aliphatic rings. The minimum Gasteiger partial charge on any atom is -0.317 e. The maximum Gasteiger partial charge on any atom is 0.406 e. The maximum atomic E-state index is 13.3. The van der Waals surface area contributed by atoms with Gasteiger partial charge >= 0.3 is 6.18 Å². The van der Waals surface area contributed by atoms with Crippen LogP contribution in [0.5, 0.6) is 0 Å². The Morgan fingerprint density at radius 2 is 2.00 bits per heavy atom. The second kappa shape index (κ2) is 4.83. The Balaban J connectivity index is 2.69. The Bertz CT molecular complexity index is 619. The van der Waals surface area contributed by atoms with Crippen LogP contribution in [0.25, 0.3) is 11.0 Å². The number of hydrogen-bond donors (Lipinski definition) is 0. The number of alkyl halides is 4. The lowest BCUT2D eigenvalue weighted by molar-refractivity contribution is -0.140. The van der Waals surface area contributed by atoms with Crippen LogP contribution in [0.1, 0.15) is 18.1 Å². The molecule has 0 saturated heterocycles. The molecule has 0 aliphatic heterocycles. The summed E-state index contributed by atoms with van der Waals surface area (Å²) in [6.07, 6.45) is -4.44. The second-order valence-electron chi connectivity index (χ2n) is 4.04. The zero-order chi connectivity index (χ0) is 14.4. The van der Waals surface area contributed by atoms with Gasteiger partial charge in [0.05, 0.1) is 21.4 Å². The van der Waals surface area contributed by atoms with Crippen LogP contribution >= 0.6 is 23.2 Å². The molecular formula is C11H8Cl2F4N2. The summed E-state index contributed by atoms with van der Waals surface area (Å²) in [7, 11) is 0. The Labute approximate surface area is 115 Å². The van der Waals surface area contributed by atoms with Crippen LogP contribution in [0, 0.1) is 5.82 Å². The summed E-state index contributed by atoms with van der Waals surface area (Å²) in [4.78, 5) is 3.93. The van der Waals surface area contributed by atoms with Crippen molar-refractivity contribution < 1.29 is 17.6 Å². The van der Waals surface area contributed by atoms with Crippen LogP contribution in [0.3, 0.4) is 0 Å². The molecule has 0 bridgehead atoms. The van der Waals surface area contributed by atoms with Gasteiger partial charge < -0.3 is 4.57 Å². The van der Waals surface area contributed by atoms with Gasteiger partial charge in [-0.1, -0.05) is 11.6 Å². The highest BCUT2D eigenvalue weighted by molar-refractivity contribution is 6.31. The van der Waals surface area contributed by atoms with Gasteiger partial charge in [0, 0.05) is 6.07 Å². The quantitative estimate of drug-likeness (QED) is 0.581. The van der Waals surface area contributed by atoms with E-state index < -0.39 is 23.9 Å². The van der Waals surface area contributed by atoms with Crippen LogP contribution in [0.4, 0.5) is 17.6 Å². The molecule has 0 fully saturated rings. The summed E-state index contributed by atoms with van der Waals surface area (Å²) in [6.45, 7) is 0.242. The van der Waals surface area contributed by atoms with Crippen molar-refractivity contribution in [1.29, 1.82) is 0 Å². The molecule has 19 heavy (non-hydrogen) atoms. The largest absolute Gasteiger partial charge is 0.406 e. The third-order valence-corrected chi connectivity index (χ3v) is 3.00. The molecule has 0 aliphatic carbocycles. The van der Waals surface area contributed by atoms with Gasteiger partial charge in [-0.05, 0) is 13.0 Å². The molecule has 0 saturated carbocycles. The van der Waals surface area contributed by atoms with Crippen molar-refractivity contribution in [2.75, 3.05) is 0 Å². The van der Waals surface area contributed by atoms with E-state index >= 15 is 0 Å². The van der Waals surface area contributed by atoms with E-state index in [9.17, 15) is 17.6 Å². The topological polar surface area (TPSA) is 17.8 Å². The third-order valence-electron chi connectivity index (χ3n) is 2.51. The number of nitrogens with zero attached hydrogens (tertiary/aromatic N) is 2. The van der Waals surface area contributed by atoms with Gasteiger partial charge in [-0.25, -0.2) is 9.37 Å². The fourth-order valence-corrected chi connectivity index (χ4v) is 2.11. The van der Waals surface area contributed by atoms with Crippen molar-refractivity contribution in [3.63, 3.8) is 0 Å². The molecular weight excluding hydrogens is 307 g/mol. The van der Waals surface area contributed by atoms with E-state index in [1.165, 1.54) is 6.92 Å². The van der Waals surface area contributed by atoms with Gasteiger partial charge in [0.1, 0.15) is 18.2 Å². The Morgan fingerprint density at radius 3 is 2.53 bits per heavy atom. The van der Waals surface area contributed by atoms with Crippen LogP contribution in [-0.4, -0.2) is 15.7 Å². The molecule has 0 amide bonds. The van der Waals surface area contributed by atoms with Gasteiger partial charge in [0.2, 0.25) is 0 Å². The van der Waals surface area contributed by atoms with Crippen molar-refractivity contribution in [3.8, 4) is 0 Å². The molecule has 0 N–H and O–H groups in total.